The molecule has 1 heterocycles. The van der Waals surface area contributed by atoms with Gasteiger partial charge in [-0.1, -0.05) is 0 Å². The van der Waals surface area contributed by atoms with Gasteiger partial charge in [-0.15, -0.1) is 12.4 Å². The fourth-order valence-electron chi connectivity index (χ4n) is 3.77. The van der Waals surface area contributed by atoms with Crippen molar-refractivity contribution in [1.29, 1.82) is 0 Å². The molecule has 0 aliphatic rings. The predicted octanol–water partition coefficient (Wildman–Crippen LogP) is 5.69. The van der Waals surface area contributed by atoms with E-state index in [9.17, 15) is 0 Å². The van der Waals surface area contributed by atoms with E-state index in [1.54, 1.807) is 6.20 Å². The first-order chi connectivity index (χ1) is 13.2. The minimum atomic E-state index is -3.25. The zero-order valence-electron chi connectivity index (χ0n) is 15.4. The van der Waals surface area contributed by atoms with Crippen molar-refractivity contribution in [3.63, 3.8) is 0 Å². The summed E-state index contributed by atoms with van der Waals surface area (Å²) in [5, 5.41) is 3.52. The van der Waals surface area contributed by atoms with Gasteiger partial charge in [-0.05, 0) is 0 Å². The number of aromatic nitrogens is 1. The molecule has 0 radical (unpaired) electrons. The van der Waals surface area contributed by atoms with Crippen LogP contribution in [0.2, 0.25) is 0 Å². The average Bonchev–Trinajstić information content (AvgIpc) is 2.76. The quantitative estimate of drug-likeness (QED) is 0.374. The molecule has 0 amide bonds. The van der Waals surface area contributed by atoms with Crippen molar-refractivity contribution >= 4 is 45.5 Å². The van der Waals surface area contributed by atoms with E-state index in [1.165, 1.54) is 15.9 Å². The number of hydrogen-bond acceptors (Lipinski definition) is 1. The second-order valence-electron chi connectivity index (χ2n) is 6.71. The third kappa shape index (κ3) is 3.47. The summed E-state index contributed by atoms with van der Waals surface area (Å²) in [7, 11) is 0. The first-order valence-corrected chi connectivity index (χ1v) is 12.3. The number of halogens is 2. The van der Waals surface area contributed by atoms with Crippen LogP contribution in [0.4, 0.5) is 0 Å². The Morgan fingerprint density at radius 3 is 1.39 bits per heavy atom. The van der Waals surface area contributed by atoms with Gasteiger partial charge in [0.2, 0.25) is 0 Å². The summed E-state index contributed by atoms with van der Waals surface area (Å²) in [5.41, 5.74) is 1.14. The number of benzene rings is 3. The van der Waals surface area contributed by atoms with Gasteiger partial charge in [-0.25, -0.2) is 0 Å². The van der Waals surface area contributed by atoms with Gasteiger partial charge in [0.25, 0.3) is 0 Å². The van der Waals surface area contributed by atoms with Crippen LogP contribution in [0.15, 0.2) is 116 Å². The van der Waals surface area contributed by atoms with Gasteiger partial charge >= 0.3 is 165 Å². The summed E-state index contributed by atoms with van der Waals surface area (Å²) in [4.78, 5) is 4.34. The maximum absolute atomic E-state index is 8.01. The molecule has 0 atom stereocenters. The summed E-state index contributed by atoms with van der Waals surface area (Å²) in [6.07, 6.45) is 4.46. The Bertz CT molecular complexity index is 910. The molecule has 0 spiro atoms. The molecular weight excluding hydrogens is 404 g/mol. The van der Waals surface area contributed by atoms with Crippen LogP contribution >= 0.6 is 29.6 Å². The minimum absolute atomic E-state index is 0. The molecule has 0 saturated heterocycles. The second kappa shape index (κ2) is 8.45. The van der Waals surface area contributed by atoms with Crippen molar-refractivity contribution in [3.05, 3.63) is 121 Å². The van der Waals surface area contributed by atoms with Crippen molar-refractivity contribution in [1.82, 2.24) is 4.98 Å². The molecule has 0 saturated carbocycles. The van der Waals surface area contributed by atoms with Gasteiger partial charge in [0.05, 0.1) is 0 Å². The molecule has 3 aromatic carbocycles. The van der Waals surface area contributed by atoms with Crippen molar-refractivity contribution < 1.29 is 0 Å². The Labute approximate surface area is 177 Å². The molecule has 4 heteroatoms. The molecule has 4 rings (SSSR count). The predicted molar refractivity (Wildman–Crippen MR) is 126 cm³/mol. The molecule has 0 aliphatic heterocycles. The monoisotopic (exact) mass is 425 g/mol. The van der Waals surface area contributed by atoms with Crippen LogP contribution in [0.3, 0.4) is 0 Å². The third-order valence-corrected chi connectivity index (χ3v) is 12.3. The summed E-state index contributed by atoms with van der Waals surface area (Å²) in [5.74, 6) is -3.25. The Kier molecular flexibility index (Phi) is 6.20. The van der Waals surface area contributed by atoms with Crippen molar-refractivity contribution in [3.8, 4) is 0 Å². The Morgan fingerprint density at radius 1 is 0.607 bits per heavy atom. The summed E-state index contributed by atoms with van der Waals surface area (Å²) in [6, 6.07) is 35.7. The zero-order chi connectivity index (χ0) is 18.6. The van der Waals surface area contributed by atoms with E-state index >= 15 is 0 Å². The Morgan fingerprint density at radius 2 is 1.04 bits per heavy atom. The van der Waals surface area contributed by atoms with Crippen LogP contribution in [0.1, 0.15) is 5.56 Å². The van der Waals surface area contributed by atoms with Gasteiger partial charge in [0.15, 0.2) is 0 Å². The van der Waals surface area contributed by atoms with Gasteiger partial charge in [-0.2, -0.15) is 0 Å². The SMILES string of the molecule is Cl.ClP(Cc1cccnc1)(c1ccccc1)(c1ccccc1)c1ccccc1. The molecule has 1 aromatic heterocycles. The Balaban J connectivity index is 0.00000225. The standard InChI is InChI=1S/C24H21ClNP.ClH/c25-27(22-12-4-1-5-13-22,23-14-6-2-7-15-23,24-16-8-3-9-17-24)20-21-11-10-18-26-19-21;/h1-19H,20H2;1H. The van der Waals surface area contributed by atoms with E-state index in [-0.39, 0.29) is 12.4 Å². The number of pyridine rings is 1. The van der Waals surface area contributed by atoms with E-state index in [0.717, 1.165) is 11.7 Å². The van der Waals surface area contributed by atoms with Crippen LogP contribution in [-0.2, 0) is 6.16 Å². The molecule has 0 fully saturated rings. The molecule has 0 unspecified atom stereocenters. The van der Waals surface area contributed by atoms with E-state index < -0.39 is 5.96 Å². The van der Waals surface area contributed by atoms with E-state index in [2.05, 4.69) is 83.8 Å². The average molecular weight is 426 g/mol. The van der Waals surface area contributed by atoms with Gasteiger partial charge in [0.1, 0.15) is 0 Å². The van der Waals surface area contributed by atoms with Crippen LogP contribution in [0.25, 0.3) is 0 Å². The number of hydrogen-bond donors (Lipinski definition) is 0. The first-order valence-electron chi connectivity index (χ1n) is 9.00. The van der Waals surface area contributed by atoms with E-state index in [4.69, 9.17) is 11.2 Å². The summed E-state index contributed by atoms with van der Waals surface area (Å²) >= 11 is 8.01. The van der Waals surface area contributed by atoms with Crippen LogP contribution < -0.4 is 15.9 Å². The van der Waals surface area contributed by atoms with E-state index in [1.807, 2.05) is 30.5 Å². The van der Waals surface area contributed by atoms with Gasteiger partial charge < -0.3 is 0 Å². The molecule has 28 heavy (non-hydrogen) atoms. The fourth-order valence-corrected chi connectivity index (χ4v) is 9.90. The third-order valence-electron chi connectivity index (χ3n) is 5.09. The van der Waals surface area contributed by atoms with Gasteiger partial charge in [-0.3, -0.25) is 0 Å². The van der Waals surface area contributed by atoms with Crippen LogP contribution in [0, 0.1) is 0 Å². The van der Waals surface area contributed by atoms with Crippen LogP contribution in [-0.4, -0.2) is 4.98 Å². The fraction of sp³-hybridized carbons (Fsp3) is 0.0417. The van der Waals surface area contributed by atoms with Crippen molar-refractivity contribution in [2.45, 2.75) is 6.16 Å². The zero-order valence-corrected chi connectivity index (χ0v) is 17.8. The molecule has 0 aliphatic carbocycles. The molecule has 1 nitrogen and oxygen atoms in total. The molecule has 142 valence electrons. The van der Waals surface area contributed by atoms with Crippen molar-refractivity contribution in [2.24, 2.45) is 0 Å². The van der Waals surface area contributed by atoms with E-state index in [0.29, 0.717) is 0 Å². The summed E-state index contributed by atoms with van der Waals surface area (Å²) in [6.45, 7) is 0. The number of nitrogens with zero attached hydrogens (tertiary/aromatic N) is 1. The van der Waals surface area contributed by atoms with Crippen LogP contribution in [0.5, 0.6) is 0 Å². The first kappa shape index (κ1) is 20.6. The molecular formula is C24H22Cl2NP. The van der Waals surface area contributed by atoms with Crippen molar-refractivity contribution in [2.75, 3.05) is 0 Å². The maximum atomic E-state index is 8.01. The second-order valence-corrected chi connectivity index (χ2v) is 13.2. The number of rotatable bonds is 5. The molecule has 4 aromatic rings. The molecule has 0 bridgehead atoms. The Hall–Kier alpha value is -2.18. The normalized spacial score (nSPS) is 12.4. The summed E-state index contributed by atoms with van der Waals surface area (Å²) < 4.78 is 0. The van der Waals surface area contributed by atoms with Gasteiger partial charge in [0, 0.05) is 0 Å². The molecule has 0 N–H and O–H groups in total. The topological polar surface area (TPSA) is 12.9 Å².